The number of anilines is 1. The third kappa shape index (κ3) is 3.71. The molecule has 1 fully saturated rings. The molecule has 3 rings (SSSR count). The van der Waals surface area contributed by atoms with E-state index in [1.54, 1.807) is 18.3 Å². The molecule has 0 unspecified atom stereocenters. The van der Waals surface area contributed by atoms with Gasteiger partial charge in [-0.25, -0.2) is 9.97 Å². The molecule has 1 saturated heterocycles. The zero-order chi connectivity index (χ0) is 17.3. The van der Waals surface area contributed by atoms with Gasteiger partial charge in [0.05, 0.1) is 15.7 Å². The third-order valence-corrected chi connectivity index (χ3v) is 5.17. The predicted molar refractivity (Wildman–Crippen MR) is 90.1 cm³/mol. The maximum absolute atomic E-state index is 12.6. The lowest BCUT2D eigenvalue weighted by atomic mass is 9.89. The van der Waals surface area contributed by atoms with Gasteiger partial charge in [-0.2, -0.15) is 13.2 Å². The Hall–Kier alpha value is -1.63. The van der Waals surface area contributed by atoms with Gasteiger partial charge >= 0.3 is 6.18 Å². The molecule has 0 atom stereocenters. The number of nitrogens with zero attached hydrogens (tertiary/aromatic N) is 3. The number of aromatic nitrogens is 2. The molecule has 0 saturated carbocycles. The molecule has 1 aromatic carbocycles. The van der Waals surface area contributed by atoms with E-state index in [4.69, 9.17) is 0 Å². The van der Waals surface area contributed by atoms with Gasteiger partial charge in [0, 0.05) is 19.3 Å². The SMILES string of the molecule is Cc1nc(N2CCC(c3ccc(C(F)(F)F)cc3)CC2)ncc1Br. The van der Waals surface area contributed by atoms with Gasteiger partial charge in [0.25, 0.3) is 0 Å². The molecule has 2 aromatic rings. The fourth-order valence-corrected chi connectivity index (χ4v) is 3.14. The molecule has 0 amide bonds. The molecule has 3 nitrogen and oxygen atoms in total. The third-order valence-electron chi connectivity index (χ3n) is 4.39. The van der Waals surface area contributed by atoms with E-state index in [0.29, 0.717) is 5.95 Å². The minimum absolute atomic E-state index is 0.278. The van der Waals surface area contributed by atoms with E-state index in [2.05, 4.69) is 30.8 Å². The summed E-state index contributed by atoms with van der Waals surface area (Å²) in [7, 11) is 0. The number of hydrogen-bond acceptors (Lipinski definition) is 3. The molecule has 1 aromatic heterocycles. The standard InChI is InChI=1S/C17H17BrF3N3/c1-11-15(18)10-22-16(23-11)24-8-6-13(7-9-24)12-2-4-14(5-3-12)17(19,20)21/h2-5,10,13H,6-9H2,1H3. The maximum Gasteiger partial charge on any atom is 0.416 e. The molecular formula is C17H17BrF3N3. The second kappa shape index (κ2) is 6.70. The summed E-state index contributed by atoms with van der Waals surface area (Å²) in [4.78, 5) is 10.9. The smallest absolute Gasteiger partial charge is 0.341 e. The van der Waals surface area contributed by atoms with Crippen LogP contribution in [0.25, 0.3) is 0 Å². The lowest BCUT2D eigenvalue weighted by Gasteiger charge is -2.32. The molecule has 7 heteroatoms. The number of benzene rings is 1. The fraction of sp³-hybridized carbons (Fsp3) is 0.412. The van der Waals surface area contributed by atoms with E-state index in [1.807, 2.05) is 6.92 Å². The van der Waals surface area contributed by atoms with Crippen LogP contribution in [-0.2, 0) is 6.18 Å². The Morgan fingerprint density at radius 3 is 2.29 bits per heavy atom. The number of rotatable bonds is 2. The highest BCUT2D eigenvalue weighted by atomic mass is 79.9. The number of hydrogen-bond donors (Lipinski definition) is 0. The zero-order valence-corrected chi connectivity index (χ0v) is 14.7. The molecule has 24 heavy (non-hydrogen) atoms. The van der Waals surface area contributed by atoms with E-state index in [1.165, 1.54) is 12.1 Å². The van der Waals surface area contributed by atoms with Crippen LogP contribution in [0.5, 0.6) is 0 Å². The number of aryl methyl sites for hydroxylation is 1. The van der Waals surface area contributed by atoms with Crippen LogP contribution in [0, 0.1) is 6.92 Å². The van der Waals surface area contributed by atoms with E-state index >= 15 is 0 Å². The van der Waals surface area contributed by atoms with Crippen molar-refractivity contribution in [1.29, 1.82) is 0 Å². The fourth-order valence-electron chi connectivity index (χ4n) is 2.95. The Bertz CT molecular complexity index is 708. The van der Waals surface area contributed by atoms with Gasteiger partial charge in [0.2, 0.25) is 5.95 Å². The molecule has 2 heterocycles. The molecule has 0 N–H and O–H groups in total. The second-order valence-electron chi connectivity index (χ2n) is 5.98. The molecular weight excluding hydrogens is 383 g/mol. The molecule has 0 spiro atoms. The van der Waals surface area contributed by atoms with Crippen LogP contribution in [0.4, 0.5) is 19.1 Å². The number of halogens is 4. The van der Waals surface area contributed by atoms with E-state index < -0.39 is 11.7 Å². The van der Waals surface area contributed by atoms with Crippen LogP contribution in [0.3, 0.4) is 0 Å². The van der Waals surface area contributed by atoms with Crippen molar-refractivity contribution in [3.05, 3.63) is 51.8 Å². The first kappa shape index (κ1) is 17.2. The monoisotopic (exact) mass is 399 g/mol. The highest BCUT2D eigenvalue weighted by Gasteiger charge is 2.30. The van der Waals surface area contributed by atoms with Crippen LogP contribution < -0.4 is 4.90 Å². The number of piperidine rings is 1. The van der Waals surface area contributed by atoms with Crippen molar-refractivity contribution in [3.63, 3.8) is 0 Å². The first-order valence-electron chi connectivity index (χ1n) is 7.76. The largest absolute Gasteiger partial charge is 0.416 e. The van der Waals surface area contributed by atoms with Crippen LogP contribution in [0.1, 0.15) is 35.6 Å². The van der Waals surface area contributed by atoms with Gasteiger partial charge < -0.3 is 4.90 Å². The lowest BCUT2D eigenvalue weighted by Crippen LogP contribution is -2.34. The van der Waals surface area contributed by atoms with E-state index in [9.17, 15) is 13.2 Å². The van der Waals surface area contributed by atoms with Gasteiger partial charge in [-0.15, -0.1) is 0 Å². The first-order valence-corrected chi connectivity index (χ1v) is 8.55. The molecule has 0 aliphatic carbocycles. The van der Waals surface area contributed by atoms with Crippen molar-refractivity contribution in [3.8, 4) is 0 Å². The number of alkyl halides is 3. The van der Waals surface area contributed by atoms with Gasteiger partial charge in [-0.1, -0.05) is 12.1 Å². The highest BCUT2D eigenvalue weighted by molar-refractivity contribution is 9.10. The van der Waals surface area contributed by atoms with Crippen molar-refractivity contribution in [1.82, 2.24) is 9.97 Å². The molecule has 0 radical (unpaired) electrons. The Morgan fingerprint density at radius 2 is 1.75 bits per heavy atom. The first-order chi connectivity index (χ1) is 11.3. The van der Waals surface area contributed by atoms with Gasteiger partial charge in [0.1, 0.15) is 0 Å². The van der Waals surface area contributed by atoms with Crippen LogP contribution in [0.15, 0.2) is 34.9 Å². The molecule has 128 valence electrons. The normalized spacial score (nSPS) is 16.5. The molecule has 1 aliphatic heterocycles. The van der Waals surface area contributed by atoms with Crippen molar-refractivity contribution in [2.24, 2.45) is 0 Å². The highest BCUT2D eigenvalue weighted by Crippen LogP contribution is 2.33. The average Bonchev–Trinajstić information content (AvgIpc) is 2.57. The van der Waals surface area contributed by atoms with Crippen LogP contribution in [-0.4, -0.2) is 23.1 Å². The Labute approximate surface area is 147 Å². The summed E-state index contributed by atoms with van der Waals surface area (Å²) >= 11 is 3.39. The molecule has 0 bridgehead atoms. The summed E-state index contributed by atoms with van der Waals surface area (Å²) in [5.41, 5.74) is 1.27. The summed E-state index contributed by atoms with van der Waals surface area (Å²) in [5, 5.41) is 0. The minimum atomic E-state index is -4.28. The summed E-state index contributed by atoms with van der Waals surface area (Å²) in [6.45, 7) is 3.52. The summed E-state index contributed by atoms with van der Waals surface area (Å²) in [6.07, 6.45) is -0.772. The van der Waals surface area contributed by atoms with Gasteiger partial charge in [0.15, 0.2) is 0 Å². The van der Waals surface area contributed by atoms with Crippen LogP contribution in [0.2, 0.25) is 0 Å². The van der Waals surface area contributed by atoms with Crippen molar-refractivity contribution in [2.75, 3.05) is 18.0 Å². The molecule has 1 aliphatic rings. The summed E-state index contributed by atoms with van der Waals surface area (Å²) < 4.78 is 38.8. The van der Waals surface area contributed by atoms with Gasteiger partial charge in [-0.3, -0.25) is 0 Å². The maximum atomic E-state index is 12.6. The summed E-state index contributed by atoms with van der Waals surface area (Å²) in [6, 6.07) is 5.54. The predicted octanol–water partition coefficient (Wildman–Crippen LogP) is 4.95. The van der Waals surface area contributed by atoms with Gasteiger partial charge in [-0.05, 0) is 59.3 Å². The quantitative estimate of drug-likeness (QED) is 0.715. The Morgan fingerprint density at radius 1 is 1.12 bits per heavy atom. The van der Waals surface area contributed by atoms with Crippen molar-refractivity contribution in [2.45, 2.75) is 31.9 Å². The zero-order valence-electron chi connectivity index (χ0n) is 13.1. The summed E-state index contributed by atoms with van der Waals surface area (Å²) in [5.74, 6) is 0.988. The minimum Gasteiger partial charge on any atom is -0.341 e. The topological polar surface area (TPSA) is 29.0 Å². The Balaban J connectivity index is 1.65. The van der Waals surface area contributed by atoms with E-state index in [0.717, 1.165) is 41.7 Å². The van der Waals surface area contributed by atoms with Crippen molar-refractivity contribution < 1.29 is 13.2 Å². The van der Waals surface area contributed by atoms with Crippen LogP contribution >= 0.6 is 15.9 Å². The van der Waals surface area contributed by atoms with Crippen molar-refractivity contribution >= 4 is 21.9 Å². The van der Waals surface area contributed by atoms with E-state index in [-0.39, 0.29) is 5.92 Å². The lowest BCUT2D eigenvalue weighted by molar-refractivity contribution is -0.137. The second-order valence-corrected chi connectivity index (χ2v) is 6.84. The average molecular weight is 400 g/mol. The Kier molecular flexibility index (Phi) is 4.80.